The van der Waals surface area contributed by atoms with Gasteiger partial charge < -0.3 is 10.2 Å². The standard InChI is InChI=1S/C9H9NO3S/c1-14(11,12)8-6-4-2-3-5-7(6)13-9(8)10/h2-5H,10H2,1H3. The topological polar surface area (TPSA) is 73.3 Å². The number of hydrogen-bond acceptors (Lipinski definition) is 4. The van der Waals surface area contributed by atoms with Crippen molar-refractivity contribution in [2.24, 2.45) is 0 Å². The maximum absolute atomic E-state index is 11.4. The summed E-state index contributed by atoms with van der Waals surface area (Å²) in [6.45, 7) is 0. The number of furan rings is 1. The number of nitrogens with two attached hydrogens (primary N) is 1. The van der Waals surface area contributed by atoms with Crippen LogP contribution in [0, 0.1) is 0 Å². The molecule has 0 radical (unpaired) electrons. The molecule has 1 heterocycles. The van der Waals surface area contributed by atoms with Gasteiger partial charge in [-0.3, -0.25) is 0 Å². The van der Waals surface area contributed by atoms with E-state index >= 15 is 0 Å². The van der Waals surface area contributed by atoms with Gasteiger partial charge in [0.25, 0.3) is 0 Å². The molecule has 0 aliphatic heterocycles. The van der Waals surface area contributed by atoms with Crippen molar-refractivity contribution in [3.05, 3.63) is 24.3 Å². The molecule has 74 valence electrons. The van der Waals surface area contributed by atoms with E-state index in [-0.39, 0.29) is 10.8 Å². The summed E-state index contributed by atoms with van der Waals surface area (Å²) in [6, 6.07) is 6.86. The molecule has 4 nitrogen and oxygen atoms in total. The first-order valence-corrected chi connectivity index (χ1v) is 5.86. The highest BCUT2D eigenvalue weighted by atomic mass is 32.2. The van der Waals surface area contributed by atoms with E-state index in [1.807, 2.05) is 0 Å². The van der Waals surface area contributed by atoms with Crippen molar-refractivity contribution >= 4 is 26.7 Å². The lowest BCUT2D eigenvalue weighted by molar-refractivity contribution is 0.596. The van der Waals surface area contributed by atoms with E-state index in [4.69, 9.17) is 10.2 Å². The minimum atomic E-state index is -3.34. The third kappa shape index (κ3) is 1.26. The maximum Gasteiger partial charge on any atom is 0.210 e. The van der Waals surface area contributed by atoms with Crippen LogP contribution in [0.15, 0.2) is 33.6 Å². The van der Waals surface area contributed by atoms with Crippen LogP contribution in [0.2, 0.25) is 0 Å². The summed E-state index contributed by atoms with van der Waals surface area (Å²) < 4.78 is 27.9. The van der Waals surface area contributed by atoms with Crippen LogP contribution in [0.3, 0.4) is 0 Å². The normalized spacial score (nSPS) is 12.1. The quantitative estimate of drug-likeness (QED) is 0.774. The van der Waals surface area contributed by atoms with E-state index in [1.165, 1.54) is 0 Å². The highest BCUT2D eigenvalue weighted by Gasteiger charge is 2.20. The Kier molecular flexibility index (Phi) is 1.78. The predicted molar refractivity (Wildman–Crippen MR) is 53.7 cm³/mol. The molecule has 2 rings (SSSR count). The lowest BCUT2D eigenvalue weighted by Crippen LogP contribution is -1.99. The van der Waals surface area contributed by atoms with Crippen molar-refractivity contribution < 1.29 is 12.8 Å². The SMILES string of the molecule is CS(=O)(=O)c1c(N)oc2ccccc12. The van der Waals surface area contributed by atoms with Gasteiger partial charge in [-0.25, -0.2) is 8.42 Å². The van der Waals surface area contributed by atoms with Crippen molar-refractivity contribution in [2.45, 2.75) is 4.90 Å². The minimum Gasteiger partial charge on any atom is -0.440 e. The average molecular weight is 211 g/mol. The van der Waals surface area contributed by atoms with Gasteiger partial charge in [0.2, 0.25) is 5.88 Å². The minimum absolute atomic E-state index is 0.0475. The molecule has 14 heavy (non-hydrogen) atoms. The molecule has 0 aliphatic carbocycles. The first-order chi connectivity index (χ1) is 6.50. The number of hydrogen-bond donors (Lipinski definition) is 1. The van der Waals surface area contributed by atoms with Crippen molar-refractivity contribution in [1.29, 1.82) is 0 Å². The number of anilines is 1. The Bertz CT molecular complexity index is 583. The number of nitrogen functional groups attached to an aromatic ring is 1. The van der Waals surface area contributed by atoms with Gasteiger partial charge in [-0.05, 0) is 12.1 Å². The zero-order chi connectivity index (χ0) is 10.3. The summed E-state index contributed by atoms with van der Waals surface area (Å²) in [5.74, 6) is -0.0475. The number of sulfone groups is 1. The summed E-state index contributed by atoms with van der Waals surface area (Å²) in [4.78, 5) is 0.0769. The van der Waals surface area contributed by atoms with Crippen LogP contribution in [-0.4, -0.2) is 14.7 Å². The highest BCUT2D eigenvalue weighted by molar-refractivity contribution is 7.91. The van der Waals surface area contributed by atoms with E-state index in [1.54, 1.807) is 24.3 Å². The lowest BCUT2D eigenvalue weighted by Gasteiger charge is -1.94. The first-order valence-electron chi connectivity index (χ1n) is 3.97. The molecule has 2 aromatic rings. The van der Waals surface area contributed by atoms with Gasteiger partial charge in [-0.2, -0.15) is 0 Å². The Hall–Kier alpha value is -1.49. The molecule has 0 saturated heterocycles. The molecule has 0 atom stereocenters. The van der Waals surface area contributed by atoms with Crippen LogP contribution in [0.1, 0.15) is 0 Å². The second-order valence-corrected chi connectivity index (χ2v) is 5.02. The third-order valence-corrected chi connectivity index (χ3v) is 3.11. The summed E-state index contributed by atoms with van der Waals surface area (Å²) in [6.07, 6.45) is 1.11. The first kappa shape index (κ1) is 9.08. The fourth-order valence-electron chi connectivity index (χ4n) is 1.42. The zero-order valence-electron chi connectivity index (χ0n) is 7.52. The monoisotopic (exact) mass is 211 g/mol. The molecule has 1 aromatic carbocycles. The molecule has 0 amide bonds. The van der Waals surface area contributed by atoms with Crippen molar-refractivity contribution in [3.63, 3.8) is 0 Å². The molecule has 2 N–H and O–H groups in total. The fourth-order valence-corrected chi connectivity index (χ4v) is 2.40. The van der Waals surface area contributed by atoms with Crippen LogP contribution in [-0.2, 0) is 9.84 Å². The highest BCUT2D eigenvalue weighted by Crippen LogP contribution is 2.31. The number of para-hydroxylation sites is 1. The van der Waals surface area contributed by atoms with E-state index in [0.29, 0.717) is 11.0 Å². The summed E-state index contributed by atoms with van der Waals surface area (Å²) in [5, 5.41) is 0.535. The average Bonchev–Trinajstić information content (AvgIpc) is 2.38. The summed E-state index contributed by atoms with van der Waals surface area (Å²) in [5.41, 5.74) is 5.98. The molecule has 0 fully saturated rings. The van der Waals surface area contributed by atoms with Gasteiger partial charge in [0.05, 0.1) is 0 Å². The molecular weight excluding hydrogens is 202 g/mol. The predicted octanol–water partition coefficient (Wildman–Crippen LogP) is 1.42. The molecule has 0 saturated carbocycles. The zero-order valence-corrected chi connectivity index (χ0v) is 8.34. The van der Waals surface area contributed by atoms with Crippen molar-refractivity contribution in [1.82, 2.24) is 0 Å². The Morgan fingerprint density at radius 2 is 1.93 bits per heavy atom. The Morgan fingerprint density at radius 1 is 1.29 bits per heavy atom. The largest absolute Gasteiger partial charge is 0.440 e. The summed E-state index contributed by atoms with van der Waals surface area (Å²) in [7, 11) is -3.34. The number of fused-ring (bicyclic) bond motifs is 1. The van der Waals surface area contributed by atoms with E-state index in [2.05, 4.69) is 0 Å². The number of benzene rings is 1. The van der Waals surface area contributed by atoms with Crippen LogP contribution in [0.25, 0.3) is 11.0 Å². The molecular formula is C9H9NO3S. The van der Waals surface area contributed by atoms with E-state index < -0.39 is 9.84 Å². The Labute approximate surface area is 81.2 Å². The van der Waals surface area contributed by atoms with Gasteiger partial charge >= 0.3 is 0 Å². The van der Waals surface area contributed by atoms with Gasteiger partial charge in [-0.1, -0.05) is 12.1 Å². The van der Waals surface area contributed by atoms with Crippen molar-refractivity contribution in [3.8, 4) is 0 Å². The second-order valence-electron chi connectivity index (χ2n) is 3.06. The van der Waals surface area contributed by atoms with Gasteiger partial charge in [0.15, 0.2) is 9.84 Å². The number of rotatable bonds is 1. The molecule has 0 spiro atoms. The fraction of sp³-hybridized carbons (Fsp3) is 0.111. The lowest BCUT2D eigenvalue weighted by atomic mass is 10.3. The smallest absolute Gasteiger partial charge is 0.210 e. The maximum atomic E-state index is 11.4. The van der Waals surface area contributed by atoms with Crippen molar-refractivity contribution in [2.75, 3.05) is 12.0 Å². The van der Waals surface area contributed by atoms with Crippen LogP contribution in [0.5, 0.6) is 0 Å². The van der Waals surface area contributed by atoms with E-state index in [0.717, 1.165) is 6.26 Å². The second kappa shape index (κ2) is 2.75. The molecule has 0 bridgehead atoms. The van der Waals surface area contributed by atoms with Crippen LogP contribution in [0.4, 0.5) is 5.88 Å². The molecule has 0 aliphatic rings. The van der Waals surface area contributed by atoms with Gasteiger partial charge in [-0.15, -0.1) is 0 Å². The third-order valence-electron chi connectivity index (χ3n) is 1.95. The van der Waals surface area contributed by atoms with Crippen LogP contribution < -0.4 is 5.73 Å². The Balaban J connectivity index is 2.95. The molecule has 1 aromatic heterocycles. The molecule has 5 heteroatoms. The van der Waals surface area contributed by atoms with Gasteiger partial charge in [0.1, 0.15) is 10.5 Å². The summed E-state index contributed by atoms with van der Waals surface area (Å²) >= 11 is 0. The Morgan fingerprint density at radius 3 is 2.57 bits per heavy atom. The van der Waals surface area contributed by atoms with Gasteiger partial charge in [0, 0.05) is 11.6 Å². The van der Waals surface area contributed by atoms with Crippen LogP contribution >= 0.6 is 0 Å². The van der Waals surface area contributed by atoms with E-state index in [9.17, 15) is 8.42 Å². The molecule has 0 unspecified atom stereocenters.